The molecule has 0 aliphatic heterocycles. The molecule has 0 aromatic heterocycles. The van der Waals surface area contributed by atoms with Gasteiger partial charge in [0.2, 0.25) is 11.8 Å². The van der Waals surface area contributed by atoms with E-state index in [1.54, 1.807) is 30.3 Å². The number of carbonyl (C=O) groups is 3. The first-order valence-electron chi connectivity index (χ1n) is 5.34. The summed E-state index contributed by atoms with van der Waals surface area (Å²) in [6, 6.07) is 7.45. The smallest absolute Gasteiger partial charge is 0.326 e. The molecule has 0 bridgehead atoms. The quantitative estimate of drug-likeness (QED) is 0.713. The van der Waals surface area contributed by atoms with Crippen LogP contribution in [0.4, 0.5) is 5.69 Å². The number of amides is 2. The van der Waals surface area contributed by atoms with E-state index in [0.717, 1.165) is 0 Å². The average molecular weight is 250 g/mol. The van der Waals surface area contributed by atoms with Crippen LogP contribution in [0.1, 0.15) is 13.3 Å². The molecule has 0 spiro atoms. The van der Waals surface area contributed by atoms with E-state index in [0.29, 0.717) is 5.69 Å². The topological polar surface area (TPSA) is 95.5 Å². The predicted molar refractivity (Wildman–Crippen MR) is 64.9 cm³/mol. The van der Waals surface area contributed by atoms with Gasteiger partial charge in [-0.3, -0.25) is 9.59 Å². The third kappa shape index (κ3) is 4.65. The number of carbonyl (C=O) groups excluding carboxylic acids is 2. The van der Waals surface area contributed by atoms with E-state index in [4.69, 9.17) is 5.11 Å². The van der Waals surface area contributed by atoms with Gasteiger partial charge in [-0.2, -0.15) is 0 Å². The summed E-state index contributed by atoms with van der Waals surface area (Å²) in [5.74, 6) is -2.20. The maximum atomic E-state index is 11.6. The highest BCUT2D eigenvalue weighted by Crippen LogP contribution is 2.06. The maximum absolute atomic E-state index is 11.6. The van der Waals surface area contributed by atoms with Crippen molar-refractivity contribution < 1.29 is 19.5 Å². The zero-order chi connectivity index (χ0) is 13.5. The molecule has 1 aromatic carbocycles. The summed E-state index contributed by atoms with van der Waals surface area (Å²) in [6.45, 7) is 1.20. The van der Waals surface area contributed by atoms with Crippen molar-refractivity contribution in [1.29, 1.82) is 0 Å². The monoisotopic (exact) mass is 250 g/mol. The van der Waals surface area contributed by atoms with Crippen LogP contribution in [0.5, 0.6) is 0 Å². The van der Waals surface area contributed by atoms with Gasteiger partial charge in [0.1, 0.15) is 6.04 Å². The lowest BCUT2D eigenvalue weighted by molar-refractivity contribution is -0.142. The zero-order valence-corrected chi connectivity index (χ0v) is 9.84. The van der Waals surface area contributed by atoms with Crippen molar-refractivity contribution in [3.05, 3.63) is 30.3 Å². The molecule has 18 heavy (non-hydrogen) atoms. The van der Waals surface area contributed by atoms with Crippen LogP contribution in [0.2, 0.25) is 0 Å². The number of hydrogen-bond donors (Lipinski definition) is 3. The Kier molecular flexibility index (Phi) is 4.86. The van der Waals surface area contributed by atoms with Gasteiger partial charge in [-0.25, -0.2) is 4.79 Å². The molecule has 0 radical (unpaired) electrons. The SMILES string of the molecule is CC(=O)NC(CC(=O)Nc1ccccc1)C(=O)O. The Balaban J connectivity index is 2.56. The standard InChI is InChI=1S/C12H14N2O4/c1-8(15)13-10(12(17)18)7-11(16)14-9-5-3-2-4-6-9/h2-6,10H,7H2,1H3,(H,13,15)(H,14,16)(H,17,18). The summed E-state index contributed by atoms with van der Waals surface area (Å²) in [5.41, 5.74) is 0.578. The Labute approximate surface area is 104 Å². The molecule has 0 heterocycles. The number of carboxylic acids is 1. The Morgan fingerprint density at radius 2 is 1.83 bits per heavy atom. The maximum Gasteiger partial charge on any atom is 0.326 e. The Bertz CT molecular complexity index is 445. The molecule has 0 saturated carbocycles. The number of carboxylic acid groups (broad SMARTS) is 1. The van der Waals surface area contributed by atoms with E-state index in [9.17, 15) is 14.4 Å². The molecule has 6 heteroatoms. The molecule has 1 rings (SSSR count). The van der Waals surface area contributed by atoms with E-state index < -0.39 is 23.8 Å². The normalized spacial score (nSPS) is 11.4. The fourth-order valence-electron chi connectivity index (χ4n) is 1.36. The van der Waals surface area contributed by atoms with Crippen molar-refractivity contribution in [1.82, 2.24) is 5.32 Å². The second-order valence-electron chi connectivity index (χ2n) is 3.71. The number of para-hydroxylation sites is 1. The van der Waals surface area contributed by atoms with Crippen LogP contribution >= 0.6 is 0 Å². The second kappa shape index (κ2) is 6.39. The molecule has 6 nitrogen and oxygen atoms in total. The van der Waals surface area contributed by atoms with E-state index in [1.807, 2.05) is 0 Å². The number of rotatable bonds is 5. The molecule has 0 aliphatic rings. The summed E-state index contributed by atoms with van der Waals surface area (Å²) in [6.07, 6.45) is -0.316. The van der Waals surface area contributed by atoms with Crippen LogP contribution in [0.3, 0.4) is 0 Å². The fourth-order valence-corrected chi connectivity index (χ4v) is 1.36. The lowest BCUT2D eigenvalue weighted by atomic mass is 10.2. The van der Waals surface area contributed by atoms with Crippen molar-refractivity contribution >= 4 is 23.5 Å². The van der Waals surface area contributed by atoms with E-state index >= 15 is 0 Å². The fraction of sp³-hybridized carbons (Fsp3) is 0.250. The van der Waals surface area contributed by atoms with Crippen molar-refractivity contribution in [3.8, 4) is 0 Å². The van der Waals surface area contributed by atoms with Crippen molar-refractivity contribution in [3.63, 3.8) is 0 Å². The minimum absolute atomic E-state index is 0.316. The molecule has 1 unspecified atom stereocenters. The molecule has 0 saturated heterocycles. The summed E-state index contributed by atoms with van der Waals surface area (Å²) in [7, 11) is 0. The number of hydrogen-bond acceptors (Lipinski definition) is 3. The largest absolute Gasteiger partial charge is 0.480 e. The second-order valence-corrected chi connectivity index (χ2v) is 3.71. The van der Waals surface area contributed by atoms with Crippen LogP contribution in [0.25, 0.3) is 0 Å². The van der Waals surface area contributed by atoms with Crippen LogP contribution in [0, 0.1) is 0 Å². The summed E-state index contributed by atoms with van der Waals surface area (Å²) in [4.78, 5) is 33.2. The predicted octanol–water partition coefficient (Wildman–Crippen LogP) is 0.604. The number of benzene rings is 1. The molecule has 3 N–H and O–H groups in total. The Morgan fingerprint density at radius 1 is 1.22 bits per heavy atom. The zero-order valence-electron chi connectivity index (χ0n) is 9.84. The molecule has 2 amide bonds. The van der Waals surface area contributed by atoms with Gasteiger partial charge >= 0.3 is 5.97 Å². The van der Waals surface area contributed by atoms with Gasteiger partial charge in [0.05, 0.1) is 6.42 Å². The summed E-state index contributed by atoms with van der Waals surface area (Å²) in [5, 5.41) is 13.6. The van der Waals surface area contributed by atoms with Gasteiger partial charge < -0.3 is 15.7 Å². The van der Waals surface area contributed by atoms with Crippen LogP contribution < -0.4 is 10.6 Å². The van der Waals surface area contributed by atoms with Gasteiger partial charge in [0.15, 0.2) is 0 Å². The number of nitrogens with one attached hydrogen (secondary N) is 2. The molecular weight excluding hydrogens is 236 g/mol. The lowest BCUT2D eigenvalue weighted by Gasteiger charge is -2.13. The first-order valence-corrected chi connectivity index (χ1v) is 5.34. The van der Waals surface area contributed by atoms with Gasteiger partial charge in [-0.05, 0) is 12.1 Å². The van der Waals surface area contributed by atoms with Crippen LogP contribution in [0.15, 0.2) is 30.3 Å². The first kappa shape index (κ1) is 13.7. The molecule has 0 aliphatic carbocycles. The van der Waals surface area contributed by atoms with Gasteiger partial charge in [0, 0.05) is 12.6 Å². The third-order valence-electron chi connectivity index (χ3n) is 2.12. The molecule has 96 valence electrons. The highest BCUT2D eigenvalue weighted by atomic mass is 16.4. The van der Waals surface area contributed by atoms with E-state index in [-0.39, 0.29) is 6.42 Å². The summed E-state index contributed by atoms with van der Waals surface area (Å²) >= 11 is 0. The van der Waals surface area contributed by atoms with Crippen molar-refractivity contribution in [2.24, 2.45) is 0 Å². The minimum Gasteiger partial charge on any atom is -0.480 e. The summed E-state index contributed by atoms with van der Waals surface area (Å²) < 4.78 is 0. The number of aliphatic carboxylic acids is 1. The van der Waals surface area contributed by atoms with Gasteiger partial charge in [-0.1, -0.05) is 18.2 Å². The van der Waals surface area contributed by atoms with E-state index in [1.165, 1.54) is 6.92 Å². The average Bonchev–Trinajstić information content (AvgIpc) is 2.28. The van der Waals surface area contributed by atoms with E-state index in [2.05, 4.69) is 10.6 Å². The Hall–Kier alpha value is -2.37. The van der Waals surface area contributed by atoms with Crippen molar-refractivity contribution in [2.45, 2.75) is 19.4 Å². The van der Waals surface area contributed by atoms with Crippen LogP contribution in [-0.4, -0.2) is 28.9 Å². The third-order valence-corrected chi connectivity index (χ3v) is 2.12. The number of anilines is 1. The minimum atomic E-state index is -1.24. The first-order chi connectivity index (χ1) is 8.49. The van der Waals surface area contributed by atoms with Gasteiger partial charge in [-0.15, -0.1) is 0 Å². The van der Waals surface area contributed by atoms with Crippen molar-refractivity contribution in [2.75, 3.05) is 5.32 Å². The molecule has 1 aromatic rings. The highest BCUT2D eigenvalue weighted by molar-refractivity contribution is 5.95. The molecular formula is C12H14N2O4. The highest BCUT2D eigenvalue weighted by Gasteiger charge is 2.21. The molecule has 0 fully saturated rings. The Morgan fingerprint density at radius 3 is 2.33 bits per heavy atom. The van der Waals surface area contributed by atoms with Crippen LogP contribution in [-0.2, 0) is 14.4 Å². The van der Waals surface area contributed by atoms with Gasteiger partial charge in [0.25, 0.3) is 0 Å². The molecule has 1 atom stereocenters. The lowest BCUT2D eigenvalue weighted by Crippen LogP contribution is -2.42.